The highest BCUT2D eigenvalue weighted by molar-refractivity contribution is 5.76. The van der Waals surface area contributed by atoms with Gasteiger partial charge in [-0.1, -0.05) is 0 Å². The number of morpholine rings is 1. The van der Waals surface area contributed by atoms with Crippen LogP contribution in [0.25, 0.3) is 0 Å². The summed E-state index contributed by atoms with van der Waals surface area (Å²) in [6.45, 7) is 4.14. The highest BCUT2D eigenvalue weighted by atomic mass is 16.5. The van der Waals surface area contributed by atoms with E-state index in [1.807, 2.05) is 11.8 Å². The van der Waals surface area contributed by atoms with Gasteiger partial charge in [0.2, 0.25) is 5.91 Å². The average molecular weight is 253 g/mol. The van der Waals surface area contributed by atoms with E-state index in [-0.39, 0.29) is 12.0 Å². The summed E-state index contributed by atoms with van der Waals surface area (Å²) >= 11 is 0. The molecule has 6 heteroatoms. The van der Waals surface area contributed by atoms with Crippen LogP contribution in [0.5, 0.6) is 0 Å². The number of nitrogens with zero attached hydrogens (tertiary/aromatic N) is 2. The second-order valence-electron chi connectivity index (χ2n) is 4.39. The number of nitrogens with one attached hydrogen (secondary N) is 1. The molecule has 0 aliphatic carbocycles. The van der Waals surface area contributed by atoms with Crippen LogP contribution < -0.4 is 0 Å². The molecular formula is C12H19N3O3. The molecular weight excluding hydrogens is 234 g/mol. The molecule has 0 bridgehead atoms. The van der Waals surface area contributed by atoms with E-state index in [1.54, 1.807) is 13.3 Å². The van der Waals surface area contributed by atoms with Crippen molar-refractivity contribution in [1.29, 1.82) is 0 Å². The molecule has 1 aliphatic rings. The Morgan fingerprint density at radius 3 is 3.22 bits per heavy atom. The molecule has 2 rings (SSSR count). The fraction of sp³-hybridized carbons (Fsp3) is 0.667. The number of carbonyl (C=O) groups is 1. The number of imidazole rings is 1. The molecule has 2 heterocycles. The van der Waals surface area contributed by atoms with Crippen LogP contribution in [0.3, 0.4) is 0 Å². The predicted octanol–water partition coefficient (Wildman–Crippen LogP) is 0.655. The highest BCUT2D eigenvalue weighted by Gasteiger charge is 2.26. The second kappa shape index (κ2) is 5.97. The van der Waals surface area contributed by atoms with Gasteiger partial charge in [0, 0.05) is 25.5 Å². The Labute approximate surface area is 106 Å². The number of H-pyrrole nitrogens is 1. The number of rotatable bonds is 4. The van der Waals surface area contributed by atoms with E-state index in [9.17, 15) is 4.79 Å². The summed E-state index contributed by atoms with van der Waals surface area (Å²) in [6.07, 6.45) is 2.03. The molecule has 100 valence electrons. The summed E-state index contributed by atoms with van der Waals surface area (Å²) in [5.41, 5.74) is 0.997. The number of ether oxygens (including phenoxy) is 2. The van der Waals surface area contributed by atoms with Gasteiger partial charge in [0.05, 0.1) is 26.2 Å². The number of hydrogen-bond donors (Lipinski definition) is 1. The van der Waals surface area contributed by atoms with Crippen LogP contribution in [-0.4, -0.2) is 54.2 Å². The number of aromatic amines is 1. The number of carbonyl (C=O) groups excluding carboxylic acids is 1. The Balaban J connectivity index is 1.94. The van der Waals surface area contributed by atoms with Gasteiger partial charge in [-0.25, -0.2) is 4.98 Å². The molecule has 1 aromatic heterocycles. The van der Waals surface area contributed by atoms with Crippen molar-refractivity contribution in [2.45, 2.75) is 19.4 Å². The zero-order chi connectivity index (χ0) is 13.0. The summed E-state index contributed by atoms with van der Waals surface area (Å²) < 4.78 is 10.6. The zero-order valence-electron chi connectivity index (χ0n) is 10.8. The topological polar surface area (TPSA) is 67.4 Å². The first-order valence-electron chi connectivity index (χ1n) is 6.10. The van der Waals surface area contributed by atoms with Crippen molar-refractivity contribution in [3.8, 4) is 0 Å². The predicted molar refractivity (Wildman–Crippen MR) is 65.1 cm³/mol. The Morgan fingerprint density at radius 2 is 2.56 bits per heavy atom. The van der Waals surface area contributed by atoms with Crippen molar-refractivity contribution in [1.82, 2.24) is 14.9 Å². The van der Waals surface area contributed by atoms with Gasteiger partial charge in [-0.05, 0) is 6.92 Å². The Hall–Kier alpha value is -1.40. The zero-order valence-corrected chi connectivity index (χ0v) is 10.8. The smallest absolute Gasteiger partial charge is 0.225 e. The van der Waals surface area contributed by atoms with Crippen LogP contribution in [0.15, 0.2) is 6.20 Å². The van der Waals surface area contributed by atoms with Crippen LogP contribution in [0.2, 0.25) is 0 Å². The van der Waals surface area contributed by atoms with Gasteiger partial charge in [0.1, 0.15) is 11.9 Å². The maximum atomic E-state index is 11.9. The van der Waals surface area contributed by atoms with Crippen LogP contribution in [0.4, 0.5) is 0 Å². The summed E-state index contributed by atoms with van der Waals surface area (Å²) in [4.78, 5) is 21.1. The van der Waals surface area contributed by atoms with Gasteiger partial charge in [0.15, 0.2) is 0 Å². The minimum absolute atomic E-state index is 0.105. The Kier molecular flexibility index (Phi) is 4.33. The fourth-order valence-corrected chi connectivity index (χ4v) is 1.99. The van der Waals surface area contributed by atoms with E-state index in [2.05, 4.69) is 9.97 Å². The quantitative estimate of drug-likeness (QED) is 0.855. The van der Waals surface area contributed by atoms with E-state index >= 15 is 0 Å². The maximum Gasteiger partial charge on any atom is 0.225 e. The molecule has 1 atom stereocenters. The normalized spacial score (nSPS) is 20.1. The highest BCUT2D eigenvalue weighted by Crippen LogP contribution is 2.20. The fourth-order valence-electron chi connectivity index (χ4n) is 1.99. The van der Waals surface area contributed by atoms with E-state index in [0.717, 1.165) is 11.5 Å². The molecule has 1 aromatic rings. The van der Waals surface area contributed by atoms with Gasteiger partial charge in [-0.3, -0.25) is 4.79 Å². The SMILES string of the molecule is COCCC(=O)N1CCO[C@@H](c2ncc(C)[nH]2)C1. The standard InChI is InChI=1S/C12H19N3O3/c1-9-7-13-12(14-9)10-8-15(4-6-18-10)11(16)3-5-17-2/h7,10H,3-6,8H2,1-2H3,(H,13,14)/t10-/m1/s1. The number of aryl methyl sites for hydroxylation is 1. The third-order valence-electron chi connectivity index (χ3n) is 2.97. The molecule has 1 aliphatic heterocycles. The Morgan fingerprint density at radius 1 is 1.72 bits per heavy atom. The van der Waals surface area contributed by atoms with Crippen LogP contribution in [-0.2, 0) is 14.3 Å². The van der Waals surface area contributed by atoms with Crippen LogP contribution in [0.1, 0.15) is 24.0 Å². The van der Waals surface area contributed by atoms with Crippen molar-refractivity contribution < 1.29 is 14.3 Å². The van der Waals surface area contributed by atoms with Gasteiger partial charge >= 0.3 is 0 Å². The van der Waals surface area contributed by atoms with E-state index in [0.29, 0.717) is 32.7 Å². The molecule has 6 nitrogen and oxygen atoms in total. The van der Waals surface area contributed by atoms with Crippen molar-refractivity contribution in [2.75, 3.05) is 33.4 Å². The molecule has 0 saturated carbocycles. The molecule has 1 saturated heterocycles. The maximum absolute atomic E-state index is 11.9. The van der Waals surface area contributed by atoms with Crippen LogP contribution in [0, 0.1) is 6.92 Å². The number of methoxy groups -OCH3 is 1. The Bertz CT molecular complexity index is 405. The van der Waals surface area contributed by atoms with Crippen LogP contribution >= 0.6 is 0 Å². The average Bonchev–Trinajstić information content (AvgIpc) is 2.83. The number of aromatic nitrogens is 2. The van der Waals surface area contributed by atoms with Crippen molar-refractivity contribution in [3.05, 3.63) is 17.7 Å². The molecule has 0 aromatic carbocycles. The van der Waals surface area contributed by atoms with Crippen molar-refractivity contribution in [3.63, 3.8) is 0 Å². The molecule has 18 heavy (non-hydrogen) atoms. The van der Waals surface area contributed by atoms with Gasteiger partial charge < -0.3 is 19.4 Å². The van der Waals surface area contributed by atoms with E-state index in [1.165, 1.54) is 0 Å². The van der Waals surface area contributed by atoms with E-state index in [4.69, 9.17) is 9.47 Å². The summed E-state index contributed by atoms with van der Waals surface area (Å²) in [7, 11) is 1.60. The third-order valence-corrected chi connectivity index (χ3v) is 2.97. The first-order chi connectivity index (χ1) is 8.70. The molecule has 1 N–H and O–H groups in total. The molecule has 0 unspecified atom stereocenters. The van der Waals surface area contributed by atoms with Crippen molar-refractivity contribution in [2.24, 2.45) is 0 Å². The minimum atomic E-state index is -0.154. The first kappa shape index (κ1) is 13.0. The van der Waals surface area contributed by atoms with Gasteiger partial charge in [-0.15, -0.1) is 0 Å². The lowest BCUT2D eigenvalue weighted by Crippen LogP contribution is -2.42. The molecule has 0 spiro atoms. The second-order valence-corrected chi connectivity index (χ2v) is 4.39. The third kappa shape index (κ3) is 3.08. The largest absolute Gasteiger partial charge is 0.384 e. The minimum Gasteiger partial charge on any atom is -0.384 e. The lowest BCUT2D eigenvalue weighted by atomic mass is 10.2. The van der Waals surface area contributed by atoms with Gasteiger partial charge in [0.25, 0.3) is 0 Å². The summed E-state index contributed by atoms with van der Waals surface area (Å²) in [6, 6.07) is 0. The lowest BCUT2D eigenvalue weighted by Gasteiger charge is -2.32. The van der Waals surface area contributed by atoms with Gasteiger partial charge in [-0.2, -0.15) is 0 Å². The monoisotopic (exact) mass is 253 g/mol. The molecule has 1 amide bonds. The summed E-state index contributed by atoms with van der Waals surface area (Å²) in [5, 5.41) is 0. The lowest BCUT2D eigenvalue weighted by molar-refractivity contribution is -0.140. The number of amides is 1. The number of hydrogen-bond acceptors (Lipinski definition) is 4. The molecule has 0 radical (unpaired) electrons. The van der Waals surface area contributed by atoms with E-state index < -0.39 is 0 Å². The summed E-state index contributed by atoms with van der Waals surface area (Å²) in [5.74, 6) is 0.894. The first-order valence-corrected chi connectivity index (χ1v) is 6.10. The van der Waals surface area contributed by atoms with Crippen molar-refractivity contribution >= 4 is 5.91 Å². The molecule has 1 fully saturated rings.